The number of rotatable bonds is 1. The van der Waals surface area contributed by atoms with Gasteiger partial charge in [-0.15, -0.1) is 0 Å². The third-order valence-electron chi connectivity index (χ3n) is 1.93. The van der Waals surface area contributed by atoms with E-state index in [-0.39, 0.29) is 5.91 Å². The molecule has 0 bridgehead atoms. The highest BCUT2D eigenvalue weighted by Gasteiger charge is 2.13. The molecule has 0 fully saturated rings. The third kappa shape index (κ3) is 1.80. The summed E-state index contributed by atoms with van der Waals surface area (Å²) in [6, 6.07) is 5.47. The summed E-state index contributed by atoms with van der Waals surface area (Å²) < 4.78 is 0. The van der Waals surface area contributed by atoms with Crippen LogP contribution in [0.1, 0.15) is 15.9 Å². The molecule has 3 heteroatoms. The average molecular weight is 178 g/mol. The minimum Gasteiger partial charge on any atom is -0.398 e. The fourth-order valence-electron chi connectivity index (χ4n) is 1.21. The maximum Gasteiger partial charge on any atom is 0.255 e. The summed E-state index contributed by atoms with van der Waals surface area (Å²) in [7, 11) is 3.43. The lowest BCUT2D eigenvalue weighted by molar-refractivity contribution is 0.0828. The summed E-state index contributed by atoms with van der Waals surface area (Å²) in [5.41, 5.74) is 7.77. The van der Waals surface area contributed by atoms with Crippen molar-refractivity contribution < 1.29 is 4.79 Å². The molecular formula is C10H14N2O. The molecule has 1 rings (SSSR count). The van der Waals surface area contributed by atoms with E-state index in [2.05, 4.69) is 0 Å². The van der Waals surface area contributed by atoms with Crippen LogP contribution in [0.25, 0.3) is 0 Å². The van der Waals surface area contributed by atoms with Gasteiger partial charge in [-0.2, -0.15) is 0 Å². The molecule has 0 aliphatic rings. The molecule has 1 aromatic rings. The monoisotopic (exact) mass is 178 g/mol. The number of aryl methyl sites for hydroxylation is 1. The van der Waals surface area contributed by atoms with Crippen molar-refractivity contribution in [2.45, 2.75) is 6.92 Å². The molecule has 0 spiro atoms. The van der Waals surface area contributed by atoms with Gasteiger partial charge in [-0.05, 0) is 18.6 Å². The van der Waals surface area contributed by atoms with E-state index < -0.39 is 0 Å². The smallest absolute Gasteiger partial charge is 0.255 e. The molecule has 1 amide bonds. The Morgan fingerprint density at radius 3 is 2.46 bits per heavy atom. The highest BCUT2D eigenvalue weighted by molar-refractivity contribution is 6.00. The first kappa shape index (κ1) is 9.58. The lowest BCUT2D eigenvalue weighted by Gasteiger charge is -2.13. The van der Waals surface area contributed by atoms with Crippen LogP contribution in [0, 0.1) is 6.92 Å². The molecule has 70 valence electrons. The summed E-state index contributed by atoms with van der Waals surface area (Å²) in [6.07, 6.45) is 0. The molecule has 0 saturated heterocycles. The number of carbonyl (C=O) groups excluding carboxylic acids is 1. The van der Waals surface area contributed by atoms with E-state index in [0.29, 0.717) is 11.3 Å². The molecule has 1 aromatic carbocycles. The Balaban J connectivity index is 3.20. The highest BCUT2D eigenvalue weighted by atomic mass is 16.2. The van der Waals surface area contributed by atoms with Gasteiger partial charge in [0.05, 0.1) is 5.56 Å². The standard InChI is InChI=1S/C10H14N2O/c1-7-5-4-6-8(11)9(7)10(13)12(2)3/h4-6H,11H2,1-3H3. The lowest BCUT2D eigenvalue weighted by Crippen LogP contribution is -2.23. The Labute approximate surface area is 78.2 Å². The zero-order valence-corrected chi connectivity index (χ0v) is 8.16. The third-order valence-corrected chi connectivity index (χ3v) is 1.93. The van der Waals surface area contributed by atoms with Crippen LogP contribution in [-0.4, -0.2) is 24.9 Å². The number of carbonyl (C=O) groups is 1. The quantitative estimate of drug-likeness (QED) is 0.658. The number of hydrogen-bond donors (Lipinski definition) is 1. The maximum atomic E-state index is 11.6. The predicted octanol–water partition coefficient (Wildman–Crippen LogP) is 1.28. The minimum atomic E-state index is -0.0457. The van der Waals surface area contributed by atoms with E-state index in [4.69, 9.17) is 5.73 Å². The van der Waals surface area contributed by atoms with Gasteiger partial charge in [0.15, 0.2) is 0 Å². The number of nitrogens with two attached hydrogens (primary N) is 1. The Morgan fingerprint density at radius 1 is 1.38 bits per heavy atom. The van der Waals surface area contributed by atoms with Gasteiger partial charge in [0.25, 0.3) is 5.91 Å². The van der Waals surface area contributed by atoms with Crippen molar-refractivity contribution >= 4 is 11.6 Å². The Morgan fingerprint density at radius 2 is 2.00 bits per heavy atom. The van der Waals surface area contributed by atoms with Crippen molar-refractivity contribution in [1.29, 1.82) is 0 Å². The number of nitrogens with zero attached hydrogens (tertiary/aromatic N) is 1. The van der Waals surface area contributed by atoms with Gasteiger partial charge in [-0.1, -0.05) is 12.1 Å². The number of anilines is 1. The molecule has 2 N–H and O–H groups in total. The molecule has 3 nitrogen and oxygen atoms in total. The van der Waals surface area contributed by atoms with Crippen LogP contribution in [-0.2, 0) is 0 Å². The summed E-state index contributed by atoms with van der Waals surface area (Å²) in [5.74, 6) is -0.0457. The Bertz CT molecular complexity index is 311. The lowest BCUT2D eigenvalue weighted by atomic mass is 10.1. The fourth-order valence-corrected chi connectivity index (χ4v) is 1.21. The first-order chi connectivity index (χ1) is 6.04. The number of amides is 1. The maximum absolute atomic E-state index is 11.6. The van der Waals surface area contributed by atoms with Gasteiger partial charge in [-0.3, -0.25) is 4.79 Å². The van der Waals surface area contributed by atoms with E-state index >= 15 is 0 Å². The van der Waals surface area contributed by atoms with Crippen LogP contribution in [0.5, 0.6) is 0 Å². The second-order valence-corrected chi connectivity index (χ2v) is 3.24. The Hall–Kier alpha value is -1.51. The van der Waals surface area contributed by atoms with Crippen LogP contribution < -0.4 is 5.73 Å². The SMILES string of the molecule is Cc1cccc(N)c1C(=O)N(C)C. The molecule has 0 atom stereocenters. The minimum absolute atomic E-state index is 0.0457. The van der Waals surface area contributed by atoms with Crippen molar-refractivity contribution in [2.75, 3.05) is 19.8 Å². The van der Waals surface area contributed by atoms with Gasteiger partial charge < -0.3 is 10.6 Å². The van der Waals surface area contributed by atoms with Crippen LogP contribution >= 0.6 is 0 Å². The van der Waals surface area contributed by atoms with Crippen molar-refractivity contribution in [1.82, 2.24) is 4.90 Å². The number of nitrogen functional groups attached to an aromatic ring is 1. The van der Waals surface area contributed by atoms with Crippen molar-refractivity contribution in [3.8, 4) is 0 Å². The van der Waals surface area contributed by atoms with E-state index in [1.54, 1.807) is 20.2 Å². The predicted molar refractivity (Wildman–Crippen MR) is 53.6 cm³/mol. The Kier molecular flexibility index (Phi) is 2.56. The van der Waals surface area contributed by atoms with E-state index in [0.717, 1.165) is 5.56 Å². The largest absolute Gasteiger partial charge is 0.398 e. The first-order valence-corrected chi connectivity index (χ1v) is 4.10. The highest BCUT2D eigenvalue weighted by Crippen LogP contribution is 2.17. The first-order valence-electron chi connectivity index (χ1n) is 4.10. The molecule has 0 aromatic heterocycles. The molecule has 0 unspecified atom stereocenters. The molecule has 0 heterocycles. The summed E-state index contributed by atoms with van der Waals surface area (Å²) in [5, 5.41) is 0. The van der Waals surface area contributed by atoms with Gasteiger partial charge in [0.1, 0.15) is 0 Å². The zero-order valence-electron chi connectivity index (χ0n) is 8.16. The normalized spacial score (nSPS) is 9.77. The molecule has 0 saturated carbocycles. The van der Waals surface area contributed by atoms with E-state index in [9.17, 15) is 4.79 Å². The van der Waals surface area contributed by atoms with Gasteiger partial charge in [0, 0.05) is 19.8 Å². The van der Waals surface area contributed by atoms with Crippen LogP contribution in [0.3, 0.4) is 0 Å². The van der Waals surface area contributed by atoms with Crippen LogP contribution in [0.2, 0.25) is 0 Å². The van der Waals surface area contributed by atoms with Crippen LogP contribution in [0.15, 0.2) is 18.2 Å². The topological polar surface area (TPSA) is 46.3 Å². The fraction of sp³-hybridized carbons (Fsp3) is 0.300. The average Bonchev–Trinajstić information content (AvgIpc) is 2.03. The molecule has 0 aliphatic heterocycles. The summed E-state index contributed by atoms with van der Waals surface area (Å²) >= 11 is 0. The molecule has 0 radical (unpaired) electrons. The van der Waals surface area contributed by atoms with Crippen LogP contribution in [0.4, 0.5) is 5.69 Å². The second kappa shape index (κ2) is 3.47. The summed E-state index contributed by atoms with van der Waals surface area (Å²) in [4.78, 5) is 13.2. The second-order valence-electron chi connectivity index (χ2n) is 3.24. The van der Waals surface area contributed by atoms with Crippen molar-refractivity contribution in [3.63, 3.8) is 0 Å². The number of benzene rings is 1. The van der Waals surface area contributed by atoms with Crippen molar-refractivity contribution in [2.24, 2.45) is 0 Å². The summed E-state index contributed by atoms with van der Waals surface area (Å²) in [6.45, 7) is 1.88. The van der Waals surface area contributed by atoms with Gasteiger partial charge >= 0.3 is 0 Å². The van der Waals surface area contributed by atoms with Crippen molar-refractivity contribution in [3.05, 3.63) is 29.3 Å². The van der Waals surface area contributed by atoms with E-state index in [1.165, 1.54) is 4.90 Å². The number of hydrogen-bond acceptors (Lipinski definition) is 2. The molecule has 0 aliphatic carbocycles. The van der Waals surface area contributed by atoms with E-state index in [1.807, 2.05) is 19.1 Å². The molecular weight excluding hydrogens is 164 g/mol. The molecule has 13 heavy (non-hydrogen) atoms. The zero-order chi connectivity index (χ0) is 10.0. The van der Waals surface area contributed by atoms with Gasteiger partial charge in [0.2, 0.25) is 0 Å². The van der Waals surface area contributed by atoms with Gasteiger partial charge in [-0.25, -0.2) is 0 Å².